The van der Waals surface area contributed by atoms with Crippen LogP contribution in [0.4, 0.5) is 5.69 Å². The Balaban J connectivity index is 1.63. The predicted molar refractivity (Wildman–Crippen MR) is 122 cm³/mol. The third kappa shape index (κ3) is 2.78. The van der Waals surface area contributed by atoms with Crippen LogP contribution in [-0.4, -0.2) is 35.2 Å². The second-order valence-corrected chi connectivity index (χ2v) is 9.32. The quantitative estimate of drug-likeness (QED) is 0.714. The van der Waals surface area contributed by atoms with E-state index in [4.69, 9.17) is 0 Å². The van der Waals surface area contributed by atoms with Gasteiger partial charge in [-0.15, -0.1) is 0 Å². The van der Waals surface area contributed by atoms with Crippen molar-refractivity contribution in [1.82, 2.24) is 10.2 Å². The zero-order valence-corrected chi connectivity index (χ0v) is 18.8. The molecular weight excluding hydrogens is 402 g/mol. The predicted octanol–water partition coefficient (Wildman–Crippen LogP) is 3.07. The number of carbonyl (C=O) groups is 3. The van der Waals surface area contributed by atoms with Crippen LogP contribution in [0, 0.1) is 25.7 Å². The number of carbonyl (C=O) groups excluding carboxylic acids is 3. The maximum Gasteiger partial charge on any atom is 0.250 e. The summed E-state index contributed by atoms with van der Waals surface area (Å²) >= 11 is 0. The summed E-state index contributed by atoms with van der Waals surface area (Å²) in [6, 6.07) is 13.6. The van der Waals surface area contributed by atoms with E-state index in [2.05, 4.69) is 10.6 Å². The van der Waals surface area contributed by atoms with Crippen LogP contribution in [0.3, 0.4) is 0 Å². The van der Waals surface area contributed by atoms with Crippen LogP contribution >= 0.6 is 0 Å². The van der Waals surface area contributed by atoms with E-state index < -0.39 is 17.4 Å². The van der Waals surface area contributed by atoms with Gasteiger partial charge < -0.3 is 5.32 Å². The average Bonchev–Trinajstić information content (AvgIpc) is 3.35. The summed E-state index contributed by atoms with van der Waals surface area (Å²) in [6.45, 7) is 6.44. The molecule has 0 radical (unpaired) electrons. The van der Waals surface area contributed by atoms with Gasteiger partial charge in [0.1, 0.15) is 5.54 Å². The second kappa shape index (κ2) is 7.55. The number of unbranched alkanes of at least 4 members (excludes halogenated alkanes) is 1. The van der Waals surface area contributed by atoms with E-state index in [0.717, 1.165) is 40.8 Å². The lowest BCUT2D eigenvalue weighted by molar-refractivity contribution is -0.142. The number of hydrogen-bond donors (Lipinski definition) is 2. The number of anilines is 1. The topological polar surface area (TPSA) is 78.5 Å². The zero-order chi connectivity index (χ0) is 22.6. The molecule has 2 saturated heterocycles. The number of nitrogens with one attached hydrogen (secondary N) is 2. The number of imide groups is 1. The summed E-state index contributed by atoms with van der Waals surface area (Å²) in [7, 11) is 0. The van der Waals surface area contributed by atoms with Crippen molar-refractivity contribution in [3.63, 3.8) is 0 Å². The molecule has 166 valence electrons. The van der Waals surface area contributed by atoms with Crippen LogP contribution in [0.1, 0.15) is 42.0 Å². The van der Waals surface area contributed by atoms with Crippen LogP contribution in [0.2, 0.25) is 0 Å². The summed E-state index contributed by atoms with van der Waals surface area (Å²) < 4.78 is 0. The van der Waals surface area contributed by atoms with Crippen LogP contribution in [-0.2, 0) is 26.3 Å². The second-order valence-electron chi connectivity index (χ2n) is 9.32. The molecule has 5 rings (SSSR count). The van der Waals surface area contributed by atoms with E-state index in [1.165, 1.54) is 4.90 Å². The molecule has 32 heavy (non-hydrogen) atoms. The van der Waals surface area contributed by atoms with Gasteiger partial charge in [0, 0.05) is 23.8 Å². The first-order valence-electron chi connectivity index (χ1n) is 11.5. The molecule has 2 aromatic rings. The molecule has 2 aromatic carbocycles. The molecule has 3 amide bonds. The Bertz CT molecular complexity index is 1110. The molecule has 3 aliphatic heterocycles. The number of fused-ring (bicyclic) bond motifs is 4. The largest absolute Gasteiger partial charge is 0.324 e. The molecule has 2 fully saturated rings. The summed E-state index contributed by atoms with van der Waals surface area (Å²) in [4.78, 5) is 42.2. The van der Waals surface area contributed by atoms with E-state index in [-0.39, 0.29) is 23.8 Å². The molecular formula is C26H29N3O3. The van der Waals surface area contributed by atoms with Crippen LogP contribution in [0.5, 0.6) is 0 Å². The van der Waals surface area contributed by atoms with Gasteiger partial charge in [-0.05, 0) is 43.4 Å². The van der Waals surface area contributed by atoms with Gasteiger partial charge in [-0.1, -0.05) is 55.8 Å². The Kier molecular flexibility index (Phi) is 4.93. The lowest BCUT2D eigenvalue weighted by atomic mass is 9.75. The lowest BCUT2D eigenvalue weighted by Crippen LogP contribution is -2.53. The number of likely N-dealkylation sites (tertiary alicyclic amines) is 1. The highest BCUT2D eigenvalue weighted by Gasteiger charge is 2.70. The first-order chi connectivity index (χ1) is 15.4. The smallest absolute Gasteiger partial charge is 0.250 e. The molecule has 4 atom stereocenters. The first-order valence-corrected chi connectivity index (χ1v) is 11.5. The van der Waals surface area contributed by atoms with Crippen molar-refractivity contribution in [3.8, 4) is 0 Å². The van der Waals surface area contributed by atoms with E-state index in [1.54, 1.807) is 0 Å². The number of amides is 3. The molecule has 0 aliphatic carbocycles. The molecule has 0 bridgehead atoms. The van der Waals surface area contributed by atoms with E-state index >= 15 is 0 Å². The lowest BCUT2D eigenvalue weighted by Gasteiger charge is -2.29. The van der Waals surface area contributed by atoms with Gasteiger partial charge in [-0.2, -0.15) is 0 Å². The van der Waals surface area contributed by atoms with Gasteiger partial charge >= 0.3 is 0 Å². The summed E-state index contributed by atoms with van der Waals surface area (Å²) in [5, 5.41) is 6.57. The van der Waals surface area contributed by atoms with E-state index in [0.29, 0.717) is 13.0 Å². The SMILES string of the molecule is CCCCN1C(=O)C2C(Cc3ccccc3)NC3(C(=O)Nc4c3ccc(C)c4C)C2C1=O. The maximum atomic E-state index is 13.7. The van der Waals surface area contributed by atoms with Crippen molar-refractivity contribution in [2.75, 3.05) is 11.9 Å². The summed E-state index contributed by atoms with van der Waals surface area (Å²) in [5.74, 6) is -1.89. The fourth-order valence-electron chi connectivity index (χ4n) is 5.76. The fraction of sp³-hybridized carbons (Fsp3) is 0.423. The maximum absolute atomic E-state index is 13.7. The molecule has 3 aliphatic rings. The van der Waals surface area contributed by atoms with E-state index in [1.807, 2.05) is 63.2 Å². The minimum Gasteiger partial charge on any atom is -0.324 e. The first kappa shape index (κ1) is 20.9. The number of aryl methyl sites for hydroxylation is 1. The average molecular weight is 432 g/mol. The number of hydrogen-bond acceptors (Lipinski definition) is 4. The van der Waals surface area contributed by atoms with Gasteiger partial charge in [-0.3, -0.25) is 24.6 Å². The van der Waals surface area contributed by atoms with Crippen LogP contribution in [0.15, 0.2) is 42.5 Å². The highest BCUT2D eigenvalue weighted by Crippen LogP contribution is 2.54. The normalized spacial score (nSPS) is 28.4. The number of rotatable bonds is 5. The third-order valence-electron chi connectivity index (χ3n) is 7.55. The standard InChI is InChI=1S/C26H29N3O3/c1-4-5-13-29-23(30)20-19(14-17-9-7-6-8-10-17)28-26(21(20)24(29)31)18-12-11-15(2)16(3)22(18)27-25(26)32/h6-12,19-21,28H,4-5,13-14H2,1-3H3,(H,27,32). The molecule has 0 aromatic heterocycles. The van der Waals surface area contributed by atoms with Crippen molar-refractivity contribution in [2.45, 2.75) is 51.6 Å². The minimum absolute atomic E-state index is 0.149. The molecule has 0 saturated carbocycles. The van der Waals surface area contributed by atoms with Gasteiger partial charge in [0.2, 0.25) is 17.7 Å². The van der Waals surface area contributed by atoms with Crippen molar-refractivity contribution >= 4 is 23.4 Å². The number of benzene rings is 2. The van der Waals surface area contributed by atoms with Gasteiger partial charge in [-0.25, -0.2) is 0 Å². The molecule has 2 N–H and O–H groups in total. The minimum atomic E-state index is -1.22. The molecule has 4 unspecified atom stereocenters. The molecule has 6 heteroatoms. The summed E-state index contributed by atoms with van der Waals surface area (Å²) in [6.07, 6.45) is 2.24. The van der Waals surface area contributed by atoms with Gasteiger partial charge in [0.15, 0.2) is 0 Å². The highest BCUT2D eigenvalue weighted by molar-refractivity contribution is 6.15. The Morgan fingerprint density at radius 3 is 2.47 bits per heavy atom. The van der Waals surface area contributed by atoms with Crippen molar-refractivity contribution in [2.24, 2.45) is 11.8 Å². The van der Waals surface area contributed by atoms with Gasteiger partial charge in [0.25, 0.3) is 0 Å². The molecule has 6 nitrogen and oxygen atoms in total. The Hall–Kier alpha value is -2.99. The van der Waals surface area contributed by atoms with E-state index in [9.17, 15) is 14.4 Å². The molecule has 1 spiro atoms. The van der Waals surface area contributed by atoms with Crippen LogP contribution in [0.25, 0.3) is 0 Å². The van der Waals surface area contributed by atoms with Crippen molar-refractivity contribution in [3.05, 3.63) is 64.7 Å². The monoisotopic (exact) mass is 431 g/mol. The van der Waals surface area contributed by atoms with Crippen molar-refractivity contribution in [1.29, 1.82) is 0 Å². The fourth-order valence-corrected chi connectivity index (χ4v) is 5.76. The summed E-state index contributed by atoms with van der Waals surface area (Å²) in [5.41, 5.74) is 3.49. The number of nitrogens with zero attached hydrogens (tertiary/aromatic N) is 1. The van der Waals surface area contributed by atoms with Crippen LogP contribution < -0.4 is 10.6 Å². The Labute approximate surface area is 188 Å². The Morgan fingerprint density at radius 2 is 1.75 bits per heavy atom. The third-order valence-corrected chi connectivity index (χ3v) is 7.55. The molecule has 3 heterocycles. The Morgan fingerprint density at radius 1 is 1.00 bits per heavy atom. The highest BCUT2D eigenvalue weighted by atomic mass is 16.2. The van der Waals surface area contributed by atoms with Gasteiger partial charge in [0.05, 0.1) is 11.8 Å². The van der Waals surface area contributed by atoms with Crippen molar-refractivity contribution < 1.29 is 14.4 Å². The zero-order valence-electron chi connectivity index (χ0n) is 18.8.